The minimum atomic E-state index is -0.359. The molecule has 7 nitrogen and oxygen atoms in total. The van der Waals surface area contributed by atoms with Gasteiger partial charge in [-0.25, -0.2) is 5.10 Å². The monoisotopic (exact) mass is 236 g/mol. The predicted octanol–water partition coefficient (Wildman–Crippen LogP) is -1.22. The molecule has 0 aromatic carbocycles. The predicted molar refractivity (Wildman–Crippen MR) is 58.4 cm³/mol. The maximum atomic E-state index is 11.7. The van der Waals surface area contributed by atoms with Crippen molar-refractivity contribution in [3.63, 3.8) is 0 Å². The van der Waals surface area contributed by atoms with Crippen LogP contribution in [0.4, 0.5) is 0 Å². The highest BCUT2D eigenvalue weighted by atomic mass is 16.2. The fourth-order valence-corrected chi connectivity index (χ4v) is 1.59. The van der Waals surface area contributed by atoms with Gasteiger partial charge in [-0.15, -0.1) is 0 Å². The summed E-state index contributed by atoms with van der Waals surface area (Å²) in [6.45, 7) is 0.425. The number of carbonyl (C=O) groups is 2. The molecule has 2 rings (SSSR count). The van der Waals surface area contributed by atoms with Crippen molar-refractivity contribution in [3.05, 3.63) is 28.2 Å². The van der Waals surface area contributed by atoms with Crippen LogP contribution in [0, 0.1) is 0 Å². The molecule has 1 aromatic heterocycles. The van der Waals surface area contributed by atoms with Crippen LogP contribution in [0.1, 0.15) is 23.3 Å². The van der Waals surface area contributed by atoms with Gasteiger partial charge in [0.25, 0.3) is 11.5 Å². The second kappa shape index (κ2) is 4.77. The average Bonchev–Trinajstić information content (AvgIpc) is 2.33. The number of amides is 2. The van der Waals surface area contributed by atoms with Gasteiger partial charge in [0, 0.05) is 25.1 Å². The summed E-state index contributed by atoms with van der Waals surface area (Å²) < 4.78 is 0. The Hall–Kier alpha value is -2.18. The molecule has 7 heteroatoms. The number of aromatic amines is 1. The summed E-state index contributed by atoms with van der Waals surface area (Å²) in [6, 6.07) is 2.51. The Morgan fingerprint density at radius 3 is 2.82 bits per heavy atom. The summed E-state index contributed by atoms with van der Waals surface area (Å²) in [7, 11) is 0. The van der Waals surface area contributed by atoms with Crippen LogP contribution in [0.25, 0.3) is 0 Å². The number of piperidine rings is 1. The van der Waals surface area contributed by atoms with E-state index in [0.29, 0.717) is 19.4 Å². The molecule has 2 amide bonds. The van der Waals surface area contributed by atoms with Crippen molar-refractivity contribution in [3.8, 4) is 0 Å². The highest BCUT2D eigenvalue weighted by Crippen LogP contribution is 2.03. The van der Waals surface area contributed by atoms with E-state index in [0.717, 1.165) is 0 Å². The maximum Gasteiger partial charge on any atom is 0.271 e. The first-order chi connectivity index (χ1) is 8.15. The van der Waals surface area contributed by atoms with Crippen LogP contribution in [-0.2, 0) is 4.79 Å². The molecule has 2 heterocycles. The van der Waals surface area contributed by atoms with Crippen molar-refractivity contribution in [2.24, 2.45) is 0 Å². The molecule has 1 unspecified atom stereocenters. The first-order valence-corrected chi connectivity index (χ1v) is 5.28. The largest absolute Gasteiger partial charge is 0.354 e. The minimum Gasteiger partial charge on any atom is -0.354 e. The summed E-state index contributed by atoms with van der Waals surface area (Å²) in [5.41, 5.74) is -0.201. The second-order valence-corrected chi connectivity index (χ2v) is 3.82. The number of hydrogen-bond donors (Lipinski definition) is 3. The Labute approximate surface area is 96.6 Å². The van der Waals surface area contributed by atoms with Gasteiger partial charge in [-0.05, 0) is 12.5 Å². The molecule has 90 valence electrons. The van der Waals surface area contributed by atoms with E-state index in [1.807, 2.05) is 0 Å². The van der Waals surface area contributed by atoms with Gasteiger partial charge in [-0.1, -0.05) is 0 Å². The molecule has 1 aliphatic heterocycles. The van der Waals surface area contributed by atoms with Gasteiger partial charge in [0.2, 0.25) is 5.91 Å². The van der Waals surface area contributed by atoms with Crippen molar-refractivity contribution in [2.75, 3.05) is 6.54 Å². The molecule has 3 N–H and O–H groups in total. The summed E-state index contributed by atoms with van der Waals surface area (Å²) >= 11 is 0. The van der Waals surface area contributed by atoms with E-state index in [2.05, 4.69) is 20.8 Å². The molecule has 1 saturated heterocycles. The number of H-pyrrole nitrogens is 1. The minimum absolute atomic E-state index is 0.00216. The van der Waals surface area contributed by atoms with E-state index in [1.54, 1.807) is 0 Å². The molecule has 1 aromatic rings. The first kappa shape index (κ1) is 11.3. The van der Waals surface area contributed by atoms with Crippen molar-refractivity contribution in [1.29, 1.82) is 0 Å². The lowest BCUT2D eigenvalue weighted by atomic mass is 10.1. The molecule has 0 aliphatic carbocycles. The molecule has 0 saturated carbocycles. The zero-order valence-corrected chi connectivity index (χ0v) is 9.03. The normalized spacial score (nSPS) is 19.5. The molecule has 0 radical (unpaired) electrons. The summed E-state index contributed by atoms with van der Waals surface area (Å²) in [4.78, 5) is 33.4. The number of carbonyl (C=O) groups excluding carboxylic acids is 2. The molecule has 1 fully saturated rings. The van der Waals surface area contributed by atoms with Crippen molar-refractivity contribution in [2.45, 2.75) is 18.9 Å². The van der Waals surface area contributed by atoms with Gasteiger partial charge in [-0.2, -0.15) is 5.10 Å². The van der Waals surface area contributed by atoms with E-state index >= 15 is 0 Å². The number of hydrogen-bond acceptors (Lipinski definition) is 4. The Balaban J connectivity index is 1.95. The Bertz CT molecular complexity index is 466. The van der Waals surface area contributed by atoms with Gasteiger partial charge >= 0.3 is 0 Å². The lowest BCUT2D eigenvalue weighted by Crippen LogP contribution is -2.48. The highest BCUT2D eigenvalue weighted by Gasteiger charge is 2.20. The Morgan fingerprint density at radius 1 is 1.41 bits per heavy atom. The highest BCUT2D eigenvalue weighted by molar-refractivity contribution is 5.92. The van der Waals surface area contributed by atoms with Crippen LogP contribution < -0.4 is 16.2 Å². The van der Waals surface area contributed by atoms with Crippen LogP contribution in [0.15, 0.2) is 16.9 Å². The molecule has 17 heavy (non-hydrogen) atoms. The van der Waals surface area contributed by atoms with Crippen LogP contribution in [0.3, 0.4) is 0 Å². The summed E-state index contributed by atoms with van der Waals surface area (Å²) in [5.74, 6) is -0.361. The van der Waals surface area contributed by atoms with E-state index in [4.69, 9.17) is 0 Å². The zero-order valence-electron chi connectivity index (χ0n) is 9.03. The van der Waals surface area contributed by atoms with Crippen LogP contribution >= 0.6 is 0 Å². The Morgan fingerprint density at radius 2 is 2.24 bits per heavy atom. The van der Waals surface area contributed by atoms with Crippen LogP contribution in [-0.4, -0.2) is 34.6 Å². The van der Waals surface area contributed by atoms with Gasteiger partial charge in [0.1, 0.15) is 5.69 Å². The lowest BCUT2D eigenvalue weighted by molar-refractivity contribution is -0.122. The van der Waals surface area contributed by atoms with E-state index < -0.39 is 0 Å². The third-order valence-corrected chi connectivity index (χ3v) is 2.51. The Kier molecular flexibility index (Phi) is 3.17. The van der Waals surface area contributed by atoms with Crippen molar-refractivity contribution >= 4 is 11.8 Å². The van der Waals surface area contributed by atoms with Crippen molar-refractivity contribution in [1.82, 2.24) is 20.8 Å². The third-order valence-electron chi connectivity index (χ3n) is 2.51. The number of aromatic nitrogens is 2. The molecular formula is C10H12N4O3. The van der Waals surface area contributed by atoms with Gasteiger partial charge < -0.3 is 10.6 Å². The van der Waals surface area contributed by atoms with E-state index in [-0.39, 0.29) is 29.1 Å². The second-order valence-electron chi connectivity index (χ2n) is 3.82. The van der Waals surface area contributed by atoms with E-state index in [1.165, 1.54) is 12.1 Å². The summed E-state index contributed by atoms with van der Waals surface area (Å²) in [6.07, 6.45) is 1.02. The third kappa shape index (κ3) is 2.90. The first-order valence-electron chi connectivity index (χ1n) is 5.28. The van der Waals surface area contributed by atoms with Gasteiger partial charge in [0.15, 0.2) is 0 Å². The van der Waals surface area contributed by atoms with Gasteiger partial charge in [0.05, 0.1) is 0 Å². The smallest absolute Gasteiger partial charge is 0.271 e. The molecular weight excluding hydrogens is 224 g/mol. The fourth-order valence-electron chi connectivity index (χ4n) is 1.59. The molecule has 1 aliphatic rings. The molecule has 0 bridgehead atoms. The standard InChI is InChI=1S/C10H12N4O3/c15-8-3-1-6(5-11-8)12-10(17)7-2-4-9(16)14-13-7/h2,4,6H,1,3,5H2,(H,11,15)(H,12,17)(H,14,16). The number of nitrogens with zero attached hydrogens (tertiary/aromatic N) is 1. The van der Waals surface area contributed by atoms with Crippen LogP contribution in [0.5, 0.6) is 0 Å². The average molecular weight is 236 g/mol. The number of nitrogens with one attached hydrogen (secondary N) is 3. The maximum absolute atomic E-state index is 11.7. The fraction of sp³-hybridized carbons (Fsp3) is 0.400. The lowest BCUT2D eigenvalue weighted by Gasteiger charge is -2.23. The molecule has 1 atom stereocenters. The number of rotatable bonds is 2. The van der Waals surface area contributed by atoms with Crippen molar-refractivity contribution < 1.29 is 9.59 Å². The summed E-state index contributed by atoms with van der Waals surface area (Å²) in [5, 5.41) is 11.2. The quantitative estimate of drug-likeness (QED) is 0.598. The molecule has 0 spiro atoms. The van der Waals surface area contributed by atoms with Gasteiger partial charge in [-0.3, -0.25) is 14.4 Å². The zero-order chi connectivity index (χ0) is 12.3. The van der Waals surface area contributed by atoms with Crippen LogP contribution in [0.2, 0.25) is 0 Å². The SMILES string of the molecule is O=C1CCC(NC(=O)c2ccc(=O)[nH]n2)CN1. The topological polar surface area (TPSA) is 104 Å². The van der Waals surface area contributed by atoms with E-state index in [9.17, 15) is 14.4 Å².